The van der Waals surface area contributed by atoms with Gasteiger partial charge in [0.2, 0.25) is 0 Å². The second kappa shape index (κ2) is 41.3. The molecule has 0 aromatic carbocycles. The summed E-state index contributed by atoms with van der Waals surface area (Å²) in [5, 5.41) is 0. The smallest absolute Gasteiger partial charge is 0.462 e. The summed E-state index contributed by atoms with van der Waals surface area (Å²) in [7, 11) is -4.40. The lowest BCUT2D eigenvalue weighted by atomic mass is 10.1. The van der Waals surface area contributed by atoms with Crippen LogP contribution < -0.4 is 5.73 Å². The Morgan fingerprint density at radius 3 is 1.40 bits per heavy atom. The number of hydrogen-bond donors (Lipinski definition) is 2. The number of unbranched alkanes of at least 4 members (excludes halogenated alkanes) is 17. The van der Waals surface area contributed by atoms with Crippen LogP contribution >= 0.6 is 7.82 Å². The van der Waals surface area contributed by atoms with Crippen LogP contribution in [0.2, 0.25) is 0 Å². The van der Waals surface area contributed by atoms with E-state index in [1.807, 2.05) is 0 Å². The van der Waals surface area contributed by atoms with E-state index in [0.717, 1.165) is 44.9 Å². The minimum absolute atomic E-state index is 0.0386. The van der Waals surface area contributed by atoms with E-state index in [4.69, 9.17) is 24.3 Å². The van der Waals surface area contributed by atoms with Crippen molar-refractivity contribution in [3.05, 3.63) is 60.8 Å². The second-order valence-corrected chi connectivity index (χ2v) is 15.7. The number of hydrogen-bond acceptors (Lipinski definition) is 8. The summed E-state index contributed by atoms with van der Waals surface area (Å²) < 4.78 is 32.7. The third-order valence-electron chi connectivity index (χ3n) is 8.88. The van der Waals surface area contributed by atoms with Crippen LogP contribution in [0, 0.1) is 0 Å². The van der Waals surface area contributed by atoms with Crippen molar-refractivity contribution in [2.24, 2.45) is 5.73 Å². The molecule has 10 heteroatoms. The van der Waals surface area contributed by atoms with Crippen molar-refractivity contribution < 1.29 is 37.6 Å². The molecule has 0 saturated carbocycles. The fourth-order valence-corrected chi connectivity index (χ4v) is 6.40. The number of carbonyl (C=O) groups excluding carboxylic acids is 2. The largest absolute Gasteiger partial charge is 0.472 e. The molecular formula is C45H80NO8P. The lowest BCUT2D eigenvalue weighted by Crippen LogP contribution is -2.29. The molecule has 0 rings (SSSR count). The lowest BCUT2D eigenvalue weighted by molar-refractivity contribution is -0.161. The van der Waals surface area contributed by atoms with E-state index in [0.29, 0.717) is 12.8 Å². The minimum atomic E-state index is -4.40. The van der Waals surface area contributed by atoms with E-state index >= 15 is 0 Å². The summed E-state index contributed by atoms with van der Waals surface area (Å²) in [6.45, 7) is 3.61. The maximum absolute atomic E-state index is 12.6. The molecule has 0 aliphatic heterocycles. The Morgan fingerprint density at radius 2 is 0.945 bits per heavy atom. The third kappa shape index (κ3) is 41.2. The normalized spacial score (nSPS) is 13.9. The van der Waals surface area contributed by atoms with Crippen LogP contribution in [0.4, 0.5) is 0 Å². The molecule has 0 heterocycles. The van der Waals surface area contributed by atoms with Crippen LogP contribution in [-0.2, 0) is 32.7 Å². The van der Waals surface area contributed by atoms with Gasteiger partial charge in [-0.3, -0.25) is 18.6 Å². The number of ether oxygens (including phenoxy) is 2. The van der Waals surface area contributed by atoms with Crippen molar-refractivity contribution in [3.8, 4) is 0 Å². The molecule has 0 fully saturated rings. The molecule has 0 aliphatic rings. The van der Waals surface area contributed by atoms with Crippen molar-refractivity contribution in [3.63, 3.8) is 0 Å². The molecule has 0 radical (unpaired) electrons. The summed E-state index contributed by atoms with van der Waals surface area (Å²) in [5.74, 6) is -0.945. The Kier molecular flexibility index (Phi) is 39.6. The molecule has 0 spiro atoms. The number of carbonyl (C=O) groups is 2. The Labute approximate surface area is 336 Å². The first kappa shape index (κ1) is 52.7. The Bertz CT molecular complexity index is 1090. The highest BCUT2D eigenvalue weighted by molar-refractivity contribution is 7.47. The molecule has 0 aliphatic carbocycles. The van der Waals surface area contributed by atoms with E-state index in [-0.39, 0.29) is 32.6 Å². The Morgan fingerprint density at radius 1 is 0.545 bits per heavy atom. The SMILES string of the molecule is CCCCCCCC/C=C/C/C=C/C/C=C/CCCC(=O)OC[C@H](COP(=O)(O)OCCN)OC(=O)CCC/C=C/C/C=C/CCCCCCCCCCC. The van der Waals surface area contributed by atoms with Crippen molar-refractivity contribution in [2.45, 2.75) is 187 Å². The predicted octanol–water partition coefficient (Wildman–Crippen LogP) is 12.5. The molecule has 2 atom stereocenters. The molecular weight excluding hydrogens is 713 g/mol. The van der Waals surface area contributed by atoms with Crippen molar-refractivity contribution in [2.75, 3.05) is 26.4 Å². The van der Waals surface area contributed by atoms with Crippen LogP contribution in [0.3, 0.4) is 0 Å². The van der Waals surface area contributed by atoms with E-state index in [9.17, 15) is 19.0 Å². The van der Waals surface area contributed by atoms with E-state index in [1.165, 1.54) is 96.3 Å². The number of phosphoric ester groups is 1. The van der Waals surface area contributed by atoms with E-state index in [1.54, 1.807) is 0 Å². The summed E-state index contributed by atoms with van der Waals surface area (Å²) >= 11 is 0. The van der Waals surface area contributed by atoms with Gasteiger partial charge in [0.25, 0.3) is 0 Å². The molecule has 0 amide bonds. The Hall–Kier alpha value is -2.29. The topological polar surface area (TPSA) is 134 Å². The monoisotopic (exact) mass is 794 g/mol. The zero-order chi connectivity index (χ0) is 40.3. The second-order valence-electron chi connectivity index (χ2n) is 14.2. The molecule has 0 aromatic rings. The van der Waals surface area contributed by atoms with Crippen LogP contribution in [0.5, 0.6) is 0 Å². The van der Waals surface area contributed by atoms with Gasteiger partial charge in [0.15, 0.2) is 6.10 Å². The van der Waals surface area contributed by atoms with Crippen LogP contribution in [0.15, 0.2) is 60.8 Å². The van der Waals surface area contributed by atoms with Crippen LogP contribution in [0.1, 0.15) is 181 Å². The molecule has 9 nitrogen and oxygen atoms in total. The summed E-state index contributed by atoms with van der Waals surface area (Å²) in [6, 6.07) is 0. The molecule has 0 bridgehead atoms. The number of rotatable bonds is 40. The first-order valence-electron chi connectivity index (χ1n) is 21.8. The fourth-order valence-electron chi connectivity index (χ4n) is 5.63. The fraction of sp³-hybridized carbons (Fsp3) is 0.733. The minimum Gasteiger partial charge on any atom is -0.462 e. The van der Waals surface area contributed by atoms with Gasteiger partial charge in [-0.1, -0.05) is 158 Å². The van der Waals surface area contributed by atoms with Gasteiger partial charge in [-0.05, 0) is 70.6 Å². The average Bonchev–Trinajstić information content (AvgIpc) is 3.17. The van der Waals surface area contributed by atoms with E-state index in [2.05, 4.69) is 74.6 Å². The molecule has 0 aromatic heterocycles. The molecule has 0 saturated heterocycles. The van der Waals surface area contributed by atoms with Crippen molar-refractivity contribution in [1.29, 1.82) is 0 Å². The highest BCUT2D eigenvalue weighted by Gasteiger charge is 2.25. The van der Waals surface area contributed by atoms with Gasteiger partial charge in [-0.2, -0.15) is 0 Å². The van der Waals surface area contributed by atoms with Crippen molar-refractivity contribution >= 4 is 19.8 Å². The predicted molar refractivity (Wildman–Crippen MR) is 229 cm³/mol. The van der Waals surface area contributed by atoms with Gasteiger partial charge < -0.3 is 20.1 Å². The zero-order valence-corrected chi connectivity index (χ0v) is 35.8. The standard InChI is InChI=1S/C45H80NO8P/c1-3-5-7-9-11-13-15-17-19-21-23-25-27-29-31-33-35-37-44(47)51-41-43(42-53-55(49,50)52-40-39-46)54-45(48)38-36-34-32-30-28-26-24-22-20-18-16-14-12-10-8-6-4-2/h17,19,23-26,29-32,43H,3-16,18,20-22,27-28,33-42,46H2,1-2H3,(H,49,50)/b19-17+,25-23+,26-24+,31-29+,32-30+/t43-/m1/s1. The van der Waals surface area contributed by atoms with Crippen LogP contribution in [-0.4, -0.2) is 49.3 Å². The summed E-state index contributed by atoms with van der Waals surface area (Å²) in [4.78, 5) is 34.8. The number of phosphoric acid groups is 1. The number of esters is 2. The van der Waals surface area contributed by atoms with Crippen LogP contribution in [0.25, 0.3) is 0 Å². The maximum Gasteiger partial charge on any atom is 0.472 e. The first-order chi connectivity index (χ1) is 26.8. The van der Waals surface area contributed by atoms with E-state index < -0.39 is 32.5 Å². The van der Waals surface area contributed by atoms with Crippen molar-refractivity contribution in [1.82, 2.24) is 0 Å². The third-order valence-corrected chi connectivity index (χ3v) is 9.86. The van der Waals surface area contributed by atoms with Gasteiger partial charge >= 0.3 is 19.8 Å². The van der Waals surface area contributed by atoms with Gasteiger partial charge in [0.1, 0.15) is 6.61 Å². The molecule has 55 heavy (non-hydrogen) atoms. The highest BCUT2D eigenvalue weighted by atomic mass is 31.2. The van der Waals surface area contributed by atoms with Gasteiger partial charge in [0, 0.05) is 19.4 Å². The van der Waals surface area contributed by atoms with Gasteiger partial charge in [-0.25, -0.2) is 4.57 Å². The summed E-state index contributed by atoms with van der Waals surface area (Å²) in [6.07, 6.45) is 48.4. The van der Waals surface area contributed by atoms with Gasteiger partial charge in [0.05, 0.1) is 13.2 Å². The lowest BCUT2D eigenvalue weighted by Gasteiger charge is -2.19. The quantitative estimate of drug-likeness (QED) is 0.0269. The summed E-state index contributed by atoms with van der Waals surface area (Å²) in [5.41, 5.74) is 5.34. The Balaban J connectivity index is 4.31. The maximum atomic E-state index is 12.6. The zero-order valence-electron chi connectivity index (χ0n) is 34.9. The van der Waals surface area contributed by atoms with Gasteiger partial charge in [-0.15, -0.1) is 0 Å². The molecule has 318 valence electrons. The number of nitrogens with two attached hydrogens (primary N) is 1. The molecule has 1 unspecified atom stereocenters. The average molecular weight is 794 g/mol. The first-order valence-corrected chi connectivity index (χ1v) is 23.3. The molecule has 3 N–H and O–H groups in total. The number of allylic oxidation sites excluding steroid dienone is 10. The highest BCUT2D eigenvalue weighted by Crippen LogP contribution is 2.43.